The van der Waals surface area contributed by atoms with E-state index in [9.17, 15) is 0 Å². The van der Waals surface area contributed by atoms with Crippen molar-refractivity contribution < 1.29 is 0 Å². The Bertz CT molecular complexity index is 2470. The number of hydrogen-bond acceptors (Lipinski definition) is 2. The van der Waals surface area contributed by atoms with Gasteiger partial charge in [0.25, 0.3) is 0 Å². The van der Waals surface area contributed by atoms with Crippen molar-refractivity contribution in [3.05, 3.63) is 176 Å². The lowest BCUT2D eigenvalue weighted by Crippen LogP contribution is -1.98. The van der Waals surface area contributed by atoms with E-state index in [0.717, 1.165) is 39.4 Å². The second-order valence-corrected chi connectivity index (χ2v) is 11.8. The van der Waals surface area contributed by atoms with Gasteiger partial charge in [-0.1, -0.05) is 133 Å². The Balaban J connectivity index is 1.21. The molecule has 0 aliphatic carbocycles. The average molecular weight is 600 g/mol. The van der Waals surface area contributed by atoms with E-state index in [1.54, 1.807) is 0 Å². The molecule has 0 aliphatic heterocycles. The fourth-order valence-corrected chi connectivity index (χ4v) is 6.94. The summed E-state index contributed by atoms with van der Waals surface area (Å²) in [4.78, 5) is 9.59. The zero-order chi connectivity index (χ0) is 31.2. The molecule has 3 heteroatoms. The first-order valence-corrected chi connectivity index (χ1v) is 15.9. The molecule has 0 unspecified atom stereocenters. The predicted octanol–water partition coefficient (Wildman–Crippen LogP) is 11.4. The Morgan fingerprint density at radius 2 is 0.894 bits per heavy atom. The standard InChI is InChI=1S/C44H29N3/c1-2-12-33(13-3-1)44-46-40-19-8-9-20-41(40)47(44)34-27-25-32(26-28-34)43-37-16-6-4-14-35(37)42(36-15-5-7-17-38(36)43)31-23-21-30(22-24-31)39-18-10-11-29-45-39/h1-29H. The number of rotatable bonds is 5. The first-order valence-electron chi connectivity index (χ1n) is 15.9. The zero-order valence-corrected chi connectivity index (χ0v) is 25.6. The summed E-state index contributed by atoms with van der Waals surface area (Å²) in [6, 6.07) is 60.2. The minimum atomic E-state index is 0.939. The first kappa shape index (κ1) is 27.0. The lowest BCUT2D eigenvalue weighted by molar-refractivity contribution is 1.10. The maximum atomic E-state index is 5.04. The van der Waals surface area contributed by atoms with Crippen LogP contribution in [0, 0.1) is 0 Å². The molecule has 3 nitrogen and oxygen atoms in total. The van der Waals surface area contributed by atoms with Crippen molar-refractivity contribution >= 4 is 32.6 Å². The molecule has 0 atom stereocenters. The van der Waals surface area contributed by atoms with Gasteiger partial charge in [-0.05, 0) is 80.2 Å². The summed E-state index contributed by atoms with van der Waals surface area (Å²) >= 11 is 0. The molecule has 2 heterocycles. The van der Waals surface area contributed by atoms with Gasteiger partial charge in [0.2, 0.25) is 0 Å². The highest BCUT2D eigenvalue weighted by Crippen LogP contribution is 2.44. The molecule has 0 aliphatic rings. The minimum Gasteiger partial charge on any atom is -0.292 e. The van der Waals surface area contributed by atoms with Gasteiger partial charge in [0.1, 0.15) is 5.82 Å². The third-order valence-electron chi connectivity index (χ3n) is 9.07. The number of aromatic nitrogens is 3. The van der Waals surface area contributed by atoms with Crippen LogP contribution >= 0.6 is 0 Å². The van der Waals surface area contributed by atoms with Crippen LogP contribution in [0.4, 0.5) is 0 Å². The van der Waals surface area contributed by atoms with Crippen molar-refractivity contribution in [3.63, 3.8) is 0 Å². The monoisotopic (exact) mass is 599 g/mol. The van der Waals surface area contributed by atoms with Crippen molar-refractivity contribution in [3.8, 4) is 50.6 Å². The maximum Gasteiger partial charge on any atom is 0.145 e. The van der Waals surface area contributed by atoms with E-state index in [1.807, 2.05) is 30.5 Å². The molecule has 0 radical (unpaired) electrons. The van der Waals surface area contributed by atoms with Crippen molar-refractivity contribution in [2.45, 2.75) is 0 Å². The zero-order valence-electron chi connectivity index (χ0n) is 25.6. The van der Waals surface area contributed by atoms with E-state index >= 15 is 0 Å². The van der Waals surface area contributed by atoms with Gasteiger partial charge in [-0.25, -0.2) is 4.98 Å². The topological polar surface area (TPSA) is 30.7 Å². The van der Waals surface area contributed by atoms with E-state index < -0.39 is 0 Å². The van der Waals surface area contributed by atoms with Crippen LogP contribution < -0.4 is 0 Å². The molecule has 7 aromatic carbocycles. The van der Waals surface area contributed by atoms with Crippen LogP contribution in [-0.4, -0.2) is 14.5 Å². The summed E-state index contributed by atoms with van der Waals surface area (Å²) in [6.45, 7) is 0. The second kappa shape index (κ2) is 11.2. The normalized spacial score (nSPS) is 11.4. The second-order valence-electron chi connectivity index (χ2n) is 11.8. The molecule has 0 bridgehead atoms. The van der Waals surface area contributed by atoms with Crippen molar-refractivity contribution in [1.82, 2.24) is 14.5 Å². The van der Waals surface area contributed by atoms with Crippen molar-refractivity contribution in [1.29, 1.82) is 0 Å². The summed E-state index contributed by atoms with van der Waals surface area (Å²) in [7, 11) is 0. The largest absolute Gasteiger partial charge is 0.292 e. The third kappa shape index (κ3) is 4.60. The van der Waals surface area contributed by atoms with E-state index in [-0.39, 0.29) is 0 Å². The smallest absolute Gasteiger partial charge is 0.145 e. The highest BCUT2D eigenvalue weighted by Gasteiger charge is 2.18. The van der Waals surface area contributed by atoms with Crippen molar-refractivity contribution in [2.75, 3.05) is 0 Å². The molecular formula is C44H29N3. The summed E-state index contributed by atoms with van der Waals surface area (Å²) in [5.74, 6) is 0.939. The number of benzene rings is 7. The molecule has 9 rings (SSSR count). The molecule has 9 aromatic rings. The summed E-state index contributed by atoms with van der Waals surface area (Å²) < 4.78 is 2.27. The fourth-order valence-electron chi connectivity index (χ4n) is 6.94. The number of para-hydroxylation sites is 2. The van der Waals surface area contributed by atoms with Crippen LogP contribution in [-0.2, 0) is 0 Å². The molecule has 0 fully saturated rings. The Morgan fingerprint density at radius 1 is 0.383 bits per heavy atom. The molecule has 0 saturated carbocycles. The number of nitrogens with zero attached hydrogens (tertiary/aromatic N) is 3. The third-order valence-corrected chi connectivity index (χ3v) is 9.07. The summed E-state index contributed by atoms with van der Waals surface area (Å²) in [6.07, 6.45) is 1.84. The van der Waals surface area contributed by atoms with Crippen LogP contribution in [0.5, 0.6) is 0 Å². The van der Waals surface area contributed by atoms with Gasteiger partial charge in [0.15, 0.2) is 0 Å². The lowest BCUT2D eigenvalue weighted by Gasteiger charge is -2.18. The van der Waals surface area contributed by atoms with Gasteiger partial charge in [-0.2, -0.15) is 0 Å². The molecule has 0 spiro atoms. The molecule has 0 N–H and O–H groups in total. The van der Waals surface area contributed by atoms with Crippen LogP contribution in [0.1, 0.15) is 0 Å². The quantitative estimate of drug-likeness (QED) is 0.184. The number of fused-ring (bicyclic) bond motifs is 3. The van der Waals surface area contributed by atoms with E-state index in [4.69, 9.17) is 4.98 Å². The Labute approximate surface area is 273 Å². The molecule has 220 valence electrons. The van der Waals surface area contributed by atoms with Gasteiger partial charge in [-0.15, -0.1) is 0 Å². The van der Waals surface area contributed by atoms with Crippen LogP contribution in [0.2, 0.25) is 0 Å². The van der Waals surface area contributed by atoms with Crippen LogP contribution in [0.3, 0.4) is 0 Å². The Kier molecular flexibility index (Phi) is 6.46. The minimum absolute atomic E-state index is 0.939. The molecular weight excluding hydrogens is 571 g/mol. The van der Waals surface area contributed by atoms with E-state index in [2.05, 4.69) is 155 Å². The van der Waals surface area contributed by atoms with E-state index in [0.29, 0.717) is 0 Å². The lowest BCUT2D eigenvalue weighted by atomic mass is 9.86. The Hall–Kier alpha value is -6.32. The number of hydrogen-bond donors (Lipinski definition) is 0. The molecule has 2 aromatic heterocycles. The van der Waals surface area contributed by atoms with Gasteiger partial charge >= 0.3 is 0 Å². The summed E-state index contributed by atoms with van der Waals surface area (Å²) in [5.41, 5.74) is 11.2. The molecule has 0 saturated heterocycles. The molecule has 0 amide bonds. The Morgan fingerprint density at radius 3 is 1.49 bits per heavy atom. The van der Waals surface area contributed by atoms with Crippen LogP contribution in [0.15, 0.2) is 176 Å². The van der Waals surface area contributed by atoms with Gasteiger partial charge in [0, 0.05) is 23.0 Å². The number of pyridine rings is 1. The van der Waals surface area contributed by atoms with Crippen molar-refractivity contribution in [2.24, 2.45) is 0 Å². The van der Waals surface area contributed by atoms with Gasteiger partial charge in [0.05, 0.1) is 16.7 Å². The maximum absolute atomic E-state index is 5.04. The predicted molar refractivity (Wildman–Crippen MR) is 196 cm³/mol. The van der Waals surface area contributed by atoms with Crippen LogP contribution in [0.25, 0.3) is 83.2 Å². The fraction of sp³-hybridized carbons (Fsp3) is 0. The van der Waals surface area contributed by atoms with E-state index in [1.165, 1.54) is 43.8 Å². The first-order chi connectivity index (χ1) is 23.3. The highest BCUT2D eigenvalue weighted by molar-refractivity contribution is 6.21. The SMILES string of the molecule is c1ccc(-c2nc3ccccc3n2-c2ccc(-c3c4ccccc4c(-c4ccc(-c5ccccn5)cc4)c4ccccc34)cc2)cc1. The van der Waals surface area contributed by atoms with Gasteiger partial charge < -0.3 is 0 Å². The molecule has 47 heavy (non-hydrogen) atoms. The van der Waals surface area contributed by atoms with Gasteiger partial charge in [-0.3, -0.25) is 9.55 Å². The highest BCUT2D eigenvalue weighted by atomic mass is 15.1. The average Bonchev–Trinajstić information content (AvgIpc) is 3.54. The number of imidazole rings is 1. The summed E-state index contributed by atoms with van der Waals surface area (Å²) in [5, 5.41) is 4.95.